The predicted octanol–water partition coefficient (Wildman–Crippen LogP) is 2.77. The molecule has 1 saturated heterocycles. The lowest BCUT2D eigenvalue weighted by atomic mass is 10.1. The highest BCUT2D eigenvalue weighted by molar-refractivity contribution is 5.99. The monoisotopic (exact) mass is 442 g/mol. The molecule has 9 heteroatoms. The number of amides is 3. The van der Waals surface area contributed by atoms with Crippen molar-refractivity contribution in [3.8, 4) is 0 Å². The number of pyridine rings is 1. The van der Waals surface area contributed by atoms with E-state index in [2.05, 4.69) is 32.3 Å². The number of likely N-dealkylation sites (N-methyl/N-ethyl adjacent to an activating group) is 1. The highest BCUT2D eigenvalue weighted by Crippen LogP contribution is 2.21. The minimum Gasteiger partial charge on any atom is -0.348 e. The van der Waals surface area contributed by atoms with Gasteiger partial charge in [0.05, 0.1) is 24.1 Å². The lowest BCUT2D eigenvalue weighted by Crippen LogP contribution is -2.53. The van der Waals surface area contributed by atoms with Gasteiger partial charge in [-0.1, -0.05) is 12.1 Å². The summed E-state index contributed by atoms with van der Waals surface area (Å²) in [5, 5.41) is 5.23. The Morgan fingerprint density at radius 3 is 2.62 bits per heavy atom. The largest absolute Gasteiger partial charge is 0.348 e. The molecular weight excluding hydrogens is 411 g/mol. The zero-order valence-electron chi connectivity index (χ0n) is 19.1. The Balaban J connectivity index is 1.58. The van der Waals surface area contributed by atoms with Gasteiger partial charge in [0.25, 0.3) is 0 Å². The molecule has 0 unspecified atom stereocenters. The van der Waals surface area contributed by atoms with Gasteiger partial charge < -0.3 is 15.5 Å². The molecule has 1 fully saturated rings. The van der Waals surface area contributed by atoms with Crippen LogP contribution >= 0.6 is 0 Å². The van der Waals surface area contributed by atoms with Crippen molar-refractivity contribution in [3.63, 3.8) is 0 Å². The topological polar surface area (TPSA) is 80.8 Å². The quantitative estimate of drug-likeness (QED) is 0.719. The number of nitrogens with zero attached hydrogens (tertiary/aromatic N) is 4. The number of anilines is 2. The van der Waals surface area contributed by atoms with Crippen LogP contribution in [0.2, 0.25) is 0 Å². The van der Waals surface area contributed by atoms with Crippen molar-refractivity contribution in [2.45, 2.75) is 26.4 Å². The maximum atomic E-state index is 15.1. The third-order valence-corrected chi connectivity index (χ3v) is 5.58. The van der Waals surface area contributed by atoms with E-state index >= 15 is 4.39 Å². The summed E-state index contributed by atoms with van der Waals surface area (Å²) >= 11 is 0. The van der Waals surface area contributed by atoms with E-state index in [4.69, 9.17) is 0 Å². The molecule has 1 aliphatic rings. The molecule has 3 rings (SSSR count). The van der Waals surface area contributed by atoms with E-state index in [1.807, 2.05) is 6.92 Å². The van der Waals surface area contributed by atoms with E-state index in [1.165, 1.54) is 0 Å². The van der Waals surface area contributed by atoms with E-state index in [9.17, 15) is 9.59 Å². The predicted molar refractivity (Wildman–Crippen MR) is 123 cm³/mol. The molecule has 0 radical (unpaired) electrons. The number of hydrogen-bond acceptors (Lipinski definition) is 5. The first-order valence-electron chi connectivity index (χ1n) is 10.7. The van der Waals surface area contributed by atoms with E-state index in [0.717, 1.165) is 25.3 Å². The number of rotatable bonds is 6. The lowest BCUT2D eigenvalue weighted by Gasteiger charge is -2.39. The van der Waals surface area contributed by atoms with Gasteiger partial charge in [-0.2, -0.15) is 0 Å². The number of halogens is 1. The Labute approximate surface area is 188 Å². The molecule has 3 amide bonds. The van der Waals surface area contributed by atoms with E-state index in [-0.39, 0.29) is 17.6 Å². The fourth-order valence-corrected chi connectivity index (χ4v) is 3.63. The highest BCUT2D eigenvalue weighted by atomic mass is 19.1. The molecule has 2 aromatic rings. The molecule has 1 aliphatic heterocycles. The fraction of sp³-hybridized carbons (Fsp3) is 0.435. The number of nitrogens with one attached hydrogen (secondary N) is 2. The molecule has 2 heterocycles. The van der Waals surface area contributed by atoms with Gasteiger partial charge in [-0.05, 0) is 32.0 Å². The molecule has 8 nitrogen and oxygen atoms in total. The third-order valence-electron chi connectivity index (χ3n) is 5.58. The van der Waals surface area contributed by atoms with Crippen LogP contribution in [-0.4, -0.2) is 77.9 Å². The van der Waals surface area contributed by atoms with E-state index in [1.54, 1.807) is 55.5 Å². The molecule has 2 N–H and O–H groups in total. The summed E-state index contributed by atoms with van der Waals surface area (Å²) in [5.74, 6) is -0.364. The molecule has 1 aromatic carbocycles. The van der Waals surface area contributed by atoms with Crippen LogP contribution in [0.15, 0.2) is 36.5 Å². The third kappa shape index (κ3) is 6.24. The summed E-state index contributed by atoms with van der Waals surface area (Å²) in [6.45, 7) is 6.98. The molecule has 0 spiro atoms. The number of carbonyl (C=O) groups is 2. The minimum absolute atomic E-state index is 0.0785. The van der Waals surface area contributed by atoms with Gasteiger partial charge in [0, 0.05) is 57.6 Å². The molecule has 32 heavy (non-hydrogen) atoms. The summed E-state index contributed by atoms with van der Waals surface area (Å²) in [7, 11) is 3.51. The normalized spacial score (nSPS) is 17.1. The molecule has 0 aliphatic carbocycles. The van der Waals surface area contributed by atoms with Crippen LogP contribution in [0.4, 0.5) is 20.6 Å². The Kier molecular flexibility index (Phi) is 7.76. The van der Waals surface area contributed by atoms with Crippen LogP contribution in [0, 0.1) is 12.7 Å². The molecule has 172 valence electrons. The van der Waals surface area contributed by atoms with Crippen molar-refractivity contribution in [2.24, 2.45) is 0 Å². The Bertz CT molecular complexity index is 950. The van der Waals surface area contributed by atoms with Gasteiger partial charge in [0.1, 0.15) is 0 Å². The zero-order chi connectivity index (χ0) is 23.3. The zero-order valence-corrected chi connectivity index (χ0v) is 19.1. The number of carbonyl (C=O) groups excluding carboxylic acids is 2. The Hall–Kier alpha value is -3.04. The van der Waals surface area contributed by atoms with Crippen LogP contribution in [0.25, 0.3) is 0 Å². The van der Waals surface area contributed by atoms with Gasteiger partial charge in [0.2, 0.25) is 5.91 Å². The molecule has 0 bridgehead atoms. The van der Waals surface area contributed by atoms with Crippen molar-refractivity contribution in [1.29, 1.82) is 0 Å². The highest BCUT2D eigenvalue weighted by Gasteiger charge is 2.26. The first-order valence-corrected chi connectivity index (χ1v) is 10.7. The van der Waals surface area contributed by atoms with Gasteiger partial charge in [-0.3, -0.25) is 19.6 Å². The summed E-state index contributed by atoms with van der Waals surface area (Å²) in [5.41, 5.74) is 2.02. The van der Waals surface area contributed by atoms with Gasteiger partial charge in [-0.25, -0.2) is 9.18 Å². The van der Waals surface area contributed by atoms with Crippen molar-refractivity contribution in [1.82, 2.24) is 19.7 Å². The SMILES string of the molecule is Cc1ccc(NC(=O)Nc2cccc(CN3CCN(CC(=O)N(C)C)[C@H](C)C3)c2F)cn1. The average molecular weight is 443 g/mol. The number of benzene rings is 1. The maximum absolute atomic E-state index is 15.1. The second kappa shape index (κ2) is 10.5. The molecular formula is C23H31FN6O2. The average Bonchev–Trinajstić information content (AvgIpc) is 2.74. The van der Waals surface area contributed by atoms with Gasteiger partial charge in [-0.15, -0.1) is 0 Å². The van der Waals surface area contributed by atoms with Crippen LogP contribution in [0.5, 0.6) is 0 Å². The summed E-state index contributed by atoms with van der Waals surface area (Å²) in [6, 6.07) is 8.19. The number of aryl methyl sites for hydroxylation is 1. The molecule has 0 saturated carbocycles. The van der Waals surface area contributed by atoms with E-state index in [0.29, 0.717) is 24.3 Å². The van der Waals surface area contributed by atoms with Crippen molar-refractivity contribution in [2.75, 3.05) is 50.9 Å². The maximum Gasteiger partial charge on any atom is 0.323 e. The van der Waals surface area contributed by atoms with Crippen LogP contribution in [0.1, 0.15) is 18.2 Å². The summed E-state index contributed by atoms with van der Waals surface area (Å²) in [4.78, 5) is 34.3. The second-order valence-electron chi connectivity index (χ2n) is 8.39. The number of aromatic nitrogens is 1. The van der Waals surface area contributed by atoms with Crippen molar-refractivity contribution >= 4 is 23.3 Å². The van der Waals surface area contributed by atoms with Crippen LogP contribution in [-0.2, 0) is 11.3 Å². The van der Waals surface area contributed by atoms with Crippen LogP contribution in [0.3, 0.4) is 0 Å². The lowest BCUT2D eigenvalue weighted by molar-refractivity contribution is -0.131. The van der Waals surface area contributed by atoms with Gasteiger partial charge in [0.15, 0.2) is 5.82 Å². The minimum atomic E-state index is -0.528. The Morgan fingerprint density at radius 2 is 1.97 bits per heavy atom. The molecule has 1 atom stereocenters. The standard InChI is InChI=1S/C23H31FN6O2/c1-16-8-9-19(12-25-16)26-23(32)27-20-7-5-6-18(22(20)24)14-29-10-11-30(17(2)13-29)15-21(31)28(3)4/h5-9,12,17H,10-11,13-15H2,1-4H3,(H2,26,27,32)/t17-/m1/s1. The van der Waals surface area contributed by atoms with Gasteiger partial charge >= 0.3 is 6.03 Å². The smallest absolute Gasteiger partial charge is 0.323 e. The Morgan fingerprint density at radius 1 is 1.19 bits per heavy atom. The van der Waals surface area contributed by atoms with Crippen molar-refractivity contribution < 1.29 is 14.0 Å². The first-order chi connectivity index (χ1) is 15.2. The van der Waals surface area contributed by atoms with E-state index < -0.39 is 11.8 Å². The second-order valence-corrected chi connectivity index (χ2v) is 8.39. The first kappa shape index (κ1) is 23.6. The summed E-state index contributed by atoms with van der Waals surface area (Å²) in [6.07, 6.45) is 1.55. The fourth-order valence-electron chi connectivity index (χ4n) is 3.63. The number of piperazine rings is 1. The number of urea groups is 1. The van der Waals surface area contributed by atoms with Crippen molar-refractivity contribution in [3.05, 3.63) is 53.6 Å². The van der Waals surface area contributed by atoms with Crippen LogP contribution < -0.4 is 10.6 Å². The number of hydrogen-bond donors (Lipinski definition) is 2. The summed E-state index contributed by atoms with van der Waals surface area (Å²) < 4.78 is 15.1. The molecule has 1 aromatic heterocycles.